The average Bonchev–Trinajstić information content (AvgIpc) is 2.94. The number of hydrogen-bond acceptors (Lipinski definition) is 8. The van der Waals surface area contributed by atoms with Gasteiger partial charge in [0.25, 0.3) is 0 Å². The first-order valence-electron chi connectivity index (χ1n) is 12.4. The molecule has 42 heavy (non-hydrogen) atoms. The molecular formula is C31H21F3N2O6. The van der Waals surface area contributed by atoms with Crippen molar-refractivity contribution in [1.82, 2.24) is 0 Å². The lowest BCUT2D eigenvalue weighted by atomic mass is 10.0. The maximum absolute atomic E-state index is 13.3. The van der Waals surface area contributed by atoms with E-state index >= 15 is 0 Å². The van der Waals surface area contributed by atoms with Gasteiger partial charge in [-0.2, -0.15) is 13.2 Å². The van der Waals surface area contributed by atoms with Crippen LogP contribution in [-0.2, 0) is 6.18 Å². The number of halogens is 3. The second-order valence-corrected chi connectivity index (χ2v) is 9.28. The van der Waals surface area contributed by atoms with Crippen LogP contribution in [0.2, 0.25) is 0 Å². The molecule has 5 rings (SSSR count). The molecule has 0 saturated heterocycles. The van der Waals surface area contributed by atoms with Crippen molar-refractivity contribution >= 4 is 34.3 Å². The summed E-state index contributed by atoms with van der Waals surface area (Å²) in [5, 5.41) is -0.267. The third kappa shape index (κ3) is 5.66. The molecule has 0 spiro atoms. The molecule has 1 heterocycles. The van der Waals surface area contributed by atoms with Crippen LogP contribution in [0.4, 0.5) is 24.5 Å². The smallest absolute Gasteiger partial charge is 0.416 e. The fourth-order valence-corrected chi connectivity index (χ4v) is 4.22. The third-order valence-electron chi connectivity index (χ3n) is 6.30. The fraction of sp³-hybridized carbons (Fsp3) is 0.0645. The second-order valence-electron chi connectivity index (χ2n) is 9.28. The van der Waals surface area contributed by atoms with Gasteiger partial charge >= 0.3 is 18.1 Å². The molecule has 0 unspecified atom stereocenters. The predicted octanol–water partition coefficient (Wildman–Crippen LogP) is 6.39. The summed E-state index contributed by atoms with van der Waals surface area (Å²) >= 11 is 0. The van der Waals surface area contributed by atoms with E-state index in [1.807, 2.05) is 0 Å². The largest absolute Gasteiger partial charge is 0.455 e. The van der Waals surface area contributed by atoms with Crippen molar-refractivity contribution in [3.63, 3.8) is 0 Å². The summed E-state index contributed by atoms with van der Waals surface area (Å²) < 4.78 is 56.7. The Balaban J connectivity index is 1.61. The third-order valence-corrected chi connectivity index (χ3v) is 6.30. The van der Waals surface area contributed by atoms with Gasteiger partial charge in [-0.1, -0.05) is 12.1 Å². The van der Waals surface area contributed by atoms with E-state index in [1.54, 1.807) is 24.3 Å². The summed E-state index contributed by atoms with van der Waals surface area (Å²) in [6.07, 6.45) is -4.66. The van der Waals surface area contributed by atoms with Crippen molar-refractivity contribution in [3.8, 4) is 22.8 Å². The number of anilines is 2. The lowest BCUT2D eigenvalue weighted by Gasteiger charge is -2.15. The maximum atomic E-state index is 13.3. The van der Waals surface area contributed by atoms with Gasteiger partial charge in [0.1, 0.15) is 22.8 Å². The zero-order chi connectivity index (χ0) is 30.2. The Morgan fingerprint density at radius 2 is 1.40 bits per heavy atom. The van der Waals surface area contributed by atoms with Gasteiger partial charge in [-0.15, -0.1) is 0 Å². The van der Waals surface area contributed by atoms with Crippen molar-refractivity contribution < 1.29 is 36.7 Å². The maximum Gasteiger partial charge on any atom is 0.416 e. The number of alkyl halides is 3. The van der Waals surface area contributed by atoms with Crippen LogP contribution in [0.5, 0.6) is 11.5 Å². The van der Waals surface area contributed by atoms with Crippen LogP contribution in [0.15, 0.2) is 94.1 Å². The standard InChI is InChI=1S/C31H21F3N2O6/c1-16-27(37)24-14-19(31(32,33)34)8-11-25(24)41-28(16)23-10-9-22(40-29(38)17-4-2-6-20(35)12-17)15-26(23)42-30(39)18-5-3-7-21(36)13-18/h2-15H,35-36H2,1H3. The molecule has 4 aromatic carbocycles. The summed E-state index contributed by atoms with van der Waals surface area (Å²) in [6.45, 7) is 1.37. The highest BCUT2D eigenvalue weighted by atomic mass is 19.4. The number of ether oxygens (including phenoxy) is 2. The average molecular weight is 575 g/mol. The molecule has 11 heteroatoms. The molecule has 0 atom stereocenters. The normalized spacial score (nSPS) is 11.3. The Labute approximate surface area is 235 Å². The van der Waals surface area contributed by atoms with E-state index in [-0.39, 0.29) is 50.5 Å². The minimum absolute atomic E-state index is 0.0165. The van der Waals surface area contributed by atoms with Crippen LogP contribution in [0.25, 0.3) is 22.3 Å². The summed E-state index contributed by atoms with van der Waals surface area (Å²) in [5.41, 5.74) is 10.7. The minimum atomic E-state index is -4.66. The molecule has 5 aromatic rings. The number of nitrogen functional groups attached to an aromatic ring is 2. The summed E-state index contributed by atoms with van der Waals surface area (Å²) in [7, 11) is 0. The highest BCUT2D eigenvalue weighted by Crippen LogP contribution is 2.38. The molecule has 8 nitrogen and oxygen atoms in total. The first-order valence-corrected chi connectivity index (χ1v) is 12.4. The second kappa shape index (κ2) is 10.8. The van der Waals surface area contributed by atoms with E-state index in [0.29, 0.717) is 11.4 Å². The molecule has 0 aliphatic carbocycles. The molecule has 0 fully saturated rings. The number of hydrogen-bond donors (Lipinski definition) is 2. The number of carbonyl (C=O) groups is 2. The van der Waals surface area contributed by atoms with Gasteiger partial charge in [-0.05, 0) is 73.7 Å². The molecule has 0 aliphatic heterocycles. The number of nitrogens with two attached hydrogens (primary N) is 2. The molecule has 0 radical (unpaired) electrons. The van der Waals surface area contributed by atoms with Gasteiger partial charge in [0.2, 0.25) is 0 Å². The van der Waals surface area contributed by atoms with Gasteiger partial charge in [0.15, 0.2) is 5.43 Å². The van der Waals surface area contributed by atoms with Crippen LogP contribution in [0, 0.1) is 6.92 Å². The highest BCUT2D eigenvalue weighted by Gasteiger charge is 2.31. The summed E-state index contributed by atoms with van der Waals surface area (Å²) in [5.74, 6) is -1.79. The van der Waals surface area contributed by atoms with E-state index in [0.717, 1.165) is 18.2 Å². The fourth-order valence-electron chi connectivity index (χ4n) is 4.22. The van der Waals surface area contributed by atoms with E-state index in [1.165, 1.54) is 49.4 Å². The number of esters is 2. The monoisotopic (exact) mass is 574 g/mol. The van der Waals surface area contributed by atoms with Crippen LogP contribution in [-0.4, -0.2) is 11.9 Å². The summed E-state index contributed by atoms with van der Waals surface area (Å²) in [6, 6.07) is 18.7. The molecule has 0 bridgehead atoms. The molecular weight excluding hydrogens is 553 g/mol. The van der Waals surface area contributed by atoms with Crippen LogP contribution in [0.1, 0.15) is 31.8 Å². The Bertz CT molecular complexity index is 1930. The molecule has 1 aromatic heterocycles. The number of fused-ring (bicyclic) bond motifs is 1. The quantitative estimate of drug-likeness (QED) is 0.140. The number of benzene rings is 4. The van der Waals surface area contributed by atoms with Crippen molar-refractivity contribution in [1.29, 1.82) is 0 Å². The van der Waals surface area contributed by atoms with Gasteiger partial charge in [-0.3, -0.25) is 4.79 Å². The van der Waals surface area contributed by atoms with E-state index in [9.17, 15) is 27.6 Å². The van der Waals surface area contributed by atoms with Gasteiger partial charge < -0.3 is 25.4 Å². The zero-order valence-electron chi connectivity index (χ0n) is 21.8. The number of rotatable bonds is 5. The van der Waals surface area contributed by atoms with Gasteiger partial charge in [0.05, 0.1) is 27.6 Å². The molecule has 4 N–H and O–H groups in total. The zero-order valence-corrected chi connectivity index (χ0v) is 21.8. The van der Waals surface area contributed by atoms with Crippen molar-refractivity contribution in [2.24, 2.45) is 0 Å². The van der Waals surface area contributed by atoms with E-state index in [2.05, 4.69) is 0 Å². The topological polar surface area (TPSA) is 135 Å². The predicted molar refractivity (Wildman–Crippen MR) is 149 cm³/mol. The molecule has 0 aliphatic rings. The van der Waals surface area contributed by atoms with Crippen LogP contribution >= 0.6 is 0 Å². The van der Waals surface area contributed by atoms with Gasteiger partial charge in [0, 0.05) is 23.0 Å². The van der Waals surface area contributed by atoms with Gasteiger partial charge in [-0.25, -0.2) is 9.59 Å². The minimum Gasteiger partial charge on any atom is -0.455 e. The summed E-state index contributed by atoms with van der Waals surface area (Å²) in [4.78, 5) is 38.9. The first kappa shape index (κ1) is 28.0. The lowest BCUT2D eigenvalue weighted by molar-refractivity contribution is -0.137. The molecule has 0 amide bonds. The SMILES string of the molecule is Cc1c(-c2ccc(OC(=O)c3cccc(N)c3)cc2OC(=O)c2cccc(N)c2)oc2ccc(C(F)(F)F)cc2c1=O. The van der Waals surface area contributed by atoms with Crippen molar-refractivity contribution in [2.75, 3.05) is 11.5 Å². The lowest BCUT2D eigenvalue weighted by Crippen LogP contribution is -2.13. The van der Waals surface area contributed by atoms with Crippen molar-refractivity contribution in [3.05, 3.63) is 117 Å². The Hall–Kier alpha value is -5.58. The Kier molecular flexibility index (Phi) is 7.17. The molecule has 212 valence electrons. The molecule has 0 saturated carbocycles. The van der Waals surface area contributed by atoms with E-state index in [4.69, 9.17) is 25.4 Å². The van der Waals surface area contributed by atoms with Crippen molar-refractivity contribution in [2.45, 2.75) is 13.1 Å². The van der Waals surface area contributed by atoms with Crippen LogP contribution < -0.4 is 26.4 Å². The first-order chi connectivity index (χ1) is 19.9. The van der Waals surface area contributed by atoms with E-state index < -0.39 is 29.1 Å². The Morgan fingerprint density at radius 1 is 0.786 bits per heavy atom. The van der Waals surface area contributed by atoms with Crippen LogP contribution in [0.3, 0.4) is 0 Å². The highest BCUT2D eigenvalue weighted by molar-refractivity contribution is 5.94. The number of carbonyl (C=O) groups excluding carboxylic acids is 2. The Morgan fingerprint density at radius 3 is 2.00 bits per heavy atom.